The van der Waals surface area contributed by atoms with Crippen LogP contribution in [0.2, 0.25) is 0 Å². The quantitative estimate of drug-likeness (QED) is 0.237. The largest absolute Gasteiger partial charge is 0.497 e. The van der Waals surface area contributed by atoms with Gasteiger partial charge in [-0.05, 0) is 48.7 Å². The SMILES string of the molecule is CCCc1noc(-c2cccc(CN=C(NCC)NCc3ccc(OC)cc3)c2)n1.I. The fourth-order valence-electron chi connectivity index (χ4n) is 2.94. The predicted octanol–water partition coefficient (Wildman–Crippen LogP) is 4.57. The maximum Gasteiger partial charge on any atom is 0.257 e. The van der Waals surface area contributed by atoms with E-state index in [9.17, 15) is 0 Å². The number of aromatic nitrogens is 2. The standard InChI is InChI=1S/C23H29N5O2.HI/c1-4-7-21-27-22(30-28-21)19-9-6-8-18(14-19)16-26-23(24-5-2)25-15-17-10-12-20(29-3)13-11-17;/h6,8-14H,4-5,7,15-16H2,1-3H3,(H2,24,25,26);1H. The zero-order chi connectivity index (χ0) is 21.2. The Bertz CT molecular complexity index is 957. The van der Waals surface area contributed by atoms with Gasteiger partial charge in [0.15, 0.2) is 11.8 Å². The average molecular weight is 535 g/mol. The van der Waals surface area contributed by atoms with Gasteiger partial charge in [0.1, 0.15) is 5.75 Å². The first kappa shape index (κ1) is 24.6. The Morgan fingerprint density at radius 2 is 1.87 bits per heavy atom. The van der Waals surface area contributed by atoms with Crippen molar-refractivity contribution in [2.24, 2.45) is 4.99 Å². The molecule has 0 spiro atoms. The van der Waals surface area contributed by atoms with E-state index in [-0.39, 0.29) is 24.0 Å². The number of ether oxygens (including phenoxy) is 1. The van der Waals surface area contributed by atoms with Gasteiger partial charge in [0, 0.05) is 25.1 Å². The van der Waals surface area contributed by atoms with E-state index in [0.717, 1.165) is 53.6 Å². The zero-order valence-corrected chi connectivity index (χ0v) is 20.6. The topological polar surface area (TPSA) is 84.6 Å². The Labute approximate surface area is 200 Å². The molecular formula is C23H30IN5O2. The van der Waals surface area contributed by atoms with Gasteiger partial charge < -0.3 is 19.9 Å². The highest BCUT2D eigenvalue weighted by Gasteiger charge is 2.09. The summed E-state index contributed by atoms with van der Waals surface area (Å²) in [7, 11) is 1.67. The van der Waals surface area contributed by atoms with Crippen molar-refractivity contribution in [1.29, 1.82) is 0 Å². The minimum absolute atomic E-state index is 0. The first-order chi connectivity index (χ1) is 14.7. The summed E-state index contributed by atoms with van der Waals surface area (Å²) >= 11 is 0. The minimum Gasteiger partial charge on any atom is -0.497 e. The molecule has 8 heteroatoms. The van der Waals surface area contributed by atoms with Gasteiger partial charge in [0.25, 0.3) is 5.89 Å². The number of aryl methyl sites for hydroxylation is 1. The Morgan fingerprint density at radius 1 is 1.06 bits per heavy atom. The van der Waals surface area contributed by atoms with Crippen molar-refractivity contribution in [3.8, 4) is 17.2 Å². The highest BCUT2D eigenvalue weighted by atomic mass is 127. The van der Waals surface area contributed by atoms with E-state index in [1.54, 1.807) is 7.11 Å². The first-order valence-corrected chi connectivity index (χ1v) is 10.3. The van der Waals surface area contributed by atoms with Gasteiger partial charge in [0.05, 0.1) is 13.7 Å². The summed E-state index contributed by atoms with van der Waals surface area (Å²) in [6.07, 6.45) is 1.81. The molecule has 0 amide bonds. The molecule has 0 radical (unpaired) electrons. The molecule has 0 fully saturated rings. The van der Waals surface area contributed by atoms with Crippen molar-refractivity contribution in [1.82, 2.24) is 20.8 Å². The second kappa shape index (κ2) is 12.9. The summed E-state index contributed by atoms with van der Waals surface area (Å²) in [6, 6.07) is 16.0. The molecule has 7 nitrogen and oxygen atoms in total. The molecule has 2 N–H and O–H groups in total. The van der Waals surface area contributed by atoms with E-state index in [1.165, 1.54) is 0 Å². The maximum atomic E-state index is 5.40. The average Bonchev–Trinajstić information content (AvgIpc) is 3.25. The van der Waals surface area contributed by atoms with Crippen LogP contribution in [0.4, 0.5) is 0 Å². The summed E-state index contributed by atoms with van der Waals surface area (Å²) in [6.45, 7) is 6.16. The van der Waals surface area contributed by atoms with Gasteiger partial charge in [-0.1, -0.05) is 36.3 Å². The third-order valence-corrected chi connectivity index (χ3v) is 4.50. The maximum absolute atomic E-state index is 5.40. The lowest BCUT2D eigenvalue weighted by Gasteiger charge is -2.12. The Balaban J connectivity index is 0.00000341. The van der Waals surface area contributed by atoms with Crippen molar-refractivity contribution in [2.45, 2.75) is 39.8 Å². The minimum atomic E-state index is 0. The predicted molar refractivity (Wildman–Crippen MR) is 134 cm³/mol. The molecule has 166 valence electrons. The van der Waals surface area contributed by atoms with E-state index < -0.39 is 0 Å². The third kappa shape index (κ3) is 7.54. The number of benzene rings is 2. The molecule has 3 aromatic rings. The number of nitrogens with zero attached hydrogens (tertiary/aromatic N) is 3. The molecule has 31 heavy (non-hydrogen) atoms. The third-order valence-electron chi connectivity index (χ3n) is 4.50. The number of rotatable bonds is 9. The number of halogens is 1. The van der Waals surface area contributed by atoms with E-state index in [2.05, 4.69) is 34.6 Å². The molecule has 0 saturated carbocycles. The van der Waals surface area contributed by atoms with Crippen LogP contribution in [-0.4, -0.2) is 29.8 Å². The number of methoxy groups -OCH3 is 1. The van der Waals surface area contributed by atoms with E-state index >= 15 is 0 Å². The van der Waals surface area contributed by atoms with E-state index in [0.29, 0.717) is 19.0 Å². The fourth-order valence-corrected chi connectivity index (χ4v) is 2.94. The summed E-state index contributed by atoms with van der Waals surface area (Å²) in [5.74, 6) is 2.91. The number of hydrogen-bond donors (Lipinski definition) is 2. The summed E-state index contributed by atoms with van der Waals surface area (Å²) < 4.78 is 10.6. The van der Waals surface area contributed by atoms with Crippen molar-refractivity contribution >= 4 is 29.9 Å². The van der Waals surface area contributed by atoms with Crippen LogP contribution in [0, 0.1) is 0 Å². The van der Waals surface area contributed by atoms with Crippen LogP contribution in [0.3, 0.4) is 0 Å². The van der Waals surface area contributed by atoms with Crippen LogP contribution >= 0.6 is 24.0 Å². The van der Waals surface area contributed by atoms with Crippen molar-refractivity contribution in [2.75, 3.05) is 13.7 Å². The molecule has 1 heterocycles. The summed E-state index contributed by atoms with van der Waals surface area (Å²) in [5, 5.41) is 10.7. The Hall–Kier alpha value is -2.62. The van der Waals surface area contributed by atoms with Crippen molar-refractivity contribution in [3.05, 3.63) is 65.5 Å². The van der Waals surface area contributed by atoms with Gasteiger partial charge in [0.2, 0.25) is 0 Å². The molecular weight excluding hydrogens is 505 g/mol. The molecule has 3 rings (SSSR count). The van der Waals surface area contributed by atoms with Gasteiger partial charge >= 0.3 is 0 Å². The number of nitrogens with one attached hydrogen (secondary N) is 2. The van der Waals surface area contributed by atoms with Gasteiger partial charge in [-0.25, -0.2) is 4.99 Å². The van der Waals surface area contributed by atoms with Gasteiger partial charge in [-0.2, -0.15) is 4.98 Å². The van der Waals surface area contributed by atoms with Crippen LogP contribution < -0.4 is 15.4 Å². The van der Waals surface area contributed by atoms with E-state index in [1.807, 2.05) is 48.5 Å². The van der Waals surface area contributed by atoms with E-state index in [4.69, 9.17) is 14.3 Å². The molecule has 0 aliphatic carbocycles. The summed E-state index contributed by atoms with van der Waals surface area (Å²) in [5.41, 5.74) is 3.14. The van der Waals surface area contributed by atoms with Crippen LogP contribution in [0.1, 0.15) is 37.2 Å². The number of hydrogen-bond acceptors (Lipinski definition) is 5. The lowest BCUT2D eigenvalue weighted by molar-refractivity contribution is 0.414. The second-order valence-corrected chi connectivity index (χ2v) is 6.86. The van der Waals surface area contributed by atoms with Crippen molar-refractivity contribution in [3.63, 3.8) is 0 Å². The number of aliphatic imine (C=N–C) groups is 1. The monoisotopic (exact) mass is 535 g/mol. The van der Waals surface area contributed by atoms with Crippen molar-refractivity contribution < 1.29 is 9.26 Å². The molecule has 0 aliphatic heterocycles. The highest BCUT2D eigenvalue weighted by molar-refractivity contribution is 14.0. The highest BCUT2D eigenvalue weighted by Crippen LogP contribution is 2.19. The molecule has 0 saturated heterocycles. The Kier molecular flexibility index (Phi) is 10.3. The van der Waals surface area contributed by atoms with Crippen LogP contribution in [0.15, 0.2) is 58.0 Å². The van der Waals surface area contributed by atoms with Gasteiger partial charge in [-0.15, -0.1) is 24.0 Å². The normalized spacial score (nSPS) is 11.0. The first-order valence-electron chi connectivity index (χ1n) is 10.3. The van der Waals surface area contributed by atoms with Gasteiger partial charge in [-0.3, -0.25) is 0 Å². The molecule has 0 atom stereocenters. The Morgan fingerprint density at radius 3 is 2.58 bits per heavy atom. The second-order valence-electron chi connectivity index (χ2n) is 6.86. The van der Waals surface area contributed by atoms with Crippen LogP contribution in [0.5, 0.6) is 5.75 Å². The van der Waals surface area contributed by atoms with Crippen LogP contribution in [0.25, 0.3) is 11.5 Å². The molecule has 0 bridgehead atoms. The molecule has 0 aliphatic rings. The molecule has 0 unspecified atom stereocenters. The number of guanidine groups is 1. The lowest BCUT2D eigenvalue weighted by atomic mass is 10.1. The lowest BCUT2D eigenvalue weighted by Crippen LogP contribution is -2.36. The molecule has 2 aromatic carbocycles. The zero-order valence-electron chi connectivity index (χ0n) is 18.2. The smallest absolute Gasteiger partial charge is 0.257 e. The molecule has 1 aromatic heterocycles. The van der Waals surface area contributed by atoms with Crippen LogP contribution in [-0.2, 0) is 19.5 Å². The summed E-state index contributed by atoms with van der Waals surface area (Å²) in [4.78, 5) is 9.17. The fraction of sp³-hybridized carbons (Fsp3) is 0.348.